The van der Waals surface area contributed by atoms with Crippen LogP contribution >= 0.6 is 0 Å². The summed E-state index contributed by atoms with van der Waals surface area (Å²) in [5.41, 5.74) is -0.646. The molecule has 0 aromatic heterocycles. The molecule has 2 heterocycles. The average molecular weight is 497 g/mol. The summed E-state index contributed by atoms with van der Waals surface area (Å²) in [5.74, 6) is -4.82. The van der Waals surface area contributed by atoms with Gasteiger partial charge in [-0.3, -0.25) is 4.79 Å². The molecule has 2 bridgehead atoms. The minimum absolute atomic E-state index is 0.151. The summed E-state index contributed by atoms with van der Waals surface area (Å²) in [6.07, 6.45) is 4.40. The van der Waals surface area contributed by atoms with E-state index in [1.165, 1.54) is 20.1 Å². The van der Waals surface area contributed by atoms with Crippen LogP contribution in [0.2, 0.25) is 0 Å². The first-order chi connectivity index (χ1) is 15.8. The van der Waals surface area contributed by atoms with Gasteiger partial charge in [-0.05, 0) is 63.8 Å². The maximum absolute atomic E-state index is 14.0. The topological polar surface area (TPSA) is 75.7 Å². The normalized spacial score (nSPS) is 22.5. The number of nitrogens with one attached hydrogen (secondary N) is 1. The van der Waals surface area contributed by atoms with E-state index >= 15 is 0 Å². The first kappa shape index (κ1) is 24.4. The third kappa shape index (κ3) is 4.87. The van der Waals surface area contributed by atoms with Crippen molar-refractivity contribution in [2.75, 3.05) is 11.2 Å². The van der Waals surface area contributed by atoms with E-state index in [2.05, 4.69) is 10.2 Å². The maximum Gasteiger partial charge on any atom is 0.263 e. The van der Waals surface area contributed by atoms with E-state index < -0.39 is 44.5 Å². The fourth-order valence-corrected chi connectivity index (χ4v) is 5.50. The lowest BCUT2D eigenvalue weighted by atomic mass is 9.95. The Kier molecular flexibility index (Phi) is 6.30. The van der Waals surface area contributed by atoms with E-state index in [9.17, 15) is 26.4 Å². The molecular weight excluding hydrogens is 469 g/mol. The Morgan fingerprint density at radius 1 is 1.03 bits per heavy atom. The zero-order valence-corrected chi connectivity index (χ0v) is 20.0. The number of halogens is 3. The largest absolute Gasteiger partial charge is 0.472 e. The summed E-state index contributed by atoms with van der Waals surface area (Å²) in [7, 11) is -3.27. The van der Waals surface area contributed by atoms with Gasteiger partial charge in [0.15, 0.2) is 32.8 Å². The van der Waals surface area contributed by atoms with E-state index in [1.807, 2.05) is 12.1 Å². The number of rotatable bonds is 6. The Hall–Kier alpha value is -2.75. The Bertz CT molecular complexity index is 1160. The van der Waals surface area contributed by atoms with Gasteiger partial charge in [-0.2, -0.15) is 0 Å². The molecule has 2 aromatic carbocycles. The number of amides is 1. The van der Waals surface area contributed by atoms with Gasteiger partial charge in [-0.15, -0.1) is 0 Å². The number of nitrogens with zero attached hydrogens (tertiary/aromatic N) is 1. The van der Waals surface area contributed by atoms with Crippen molar-refractivity contribution in [2.45, 2.75) is 68.2 Å². The molecule has 6 nitrogen and oxygen atoms in total. The van der Waals surface area contributed by atoms with Crippen LogP contribution in [-0.4, -0.2) is 44.3 Å². The van der Waals surface area contributed by atoms with Crippen LogP contribution in [-0.2, 0) is 14.6 Å². The molecule has 0 radical (unpaired) electrons. The second-order valence-corrected chi connectivity index (χ2v) is 11.5. The predicted molar refractivity (Wildman–Crippen MR) is 121 cm³/mol. The third-order valence-corrected chi connectivity index (χ3v) is 7.63. The number of carbonyl (C=O) groups excluding carboxylic acids is 1. The molecule has 1 unspecified atom stereocenters. The van der Waals surface area contributed by atoms with Crippen molar-refractivity contribution >= 4 is 21.4 Å². The molecule has 0 saturated carbocycles. The predicted octanol–water partition coefficient (Wildman–Crippen LogP) is 3.98. The Morgan fingerprint density at radius 3 is 2.06 bits per heavy atom. The Balaban J connectivity index is 1.42. The monoisotopic (exact) mass is 496 g/mol. The number of carbonyl (C=O) groups is 1. The quantitative estimate of drug-likeness (QED) is 0.655. The number of hydrogen-bond donors (Lipinski definition) is 1. The molecule has 1 amide bonds. The number of piperidine rings is 1. The van der Waals surface area contributed by atoms with Gasteiger partial charge in [0.25, 0.3) is 5.91 Å². The van der Waals surface area contributed by atoms with Crippen LogP contribution in [0, 0.1) is 17.5 Å². The Morgan fingerprint density at radius 2 is 1.56 bits per heavy atom. The minimum atomic E-state index is -3.27. The molecule has 0 aliphatic carbocycles. The second-order valence-electron chi connectivity index (χ2n) is 9.51. The van der Waals surface area contributed by atoms with Gasteiger partial charge < -0.3 is 15.0 Å². The van der Waals surface area contributed by atoms with Crippen molar-refractivity contribution in [1.82, 2.24) is 5.32 Å². The van der Waals surface area contributed by atoms with Crippen molar-refractivity contribution in [3.8, 4) is 5.75 Å². The highest BCUT2D eigenvalue weighted by molar-refractivity contribution is 7.90. The van der Waals surface area contributed by atoms with E-state index in [4.69, 9.17) is 4.74 Å². The highest BCUT2D eigenvalue weighted by atomic mass is 32.2. The highest BCUT2D eigenvalue weighted by Crippen LogP contribution is 2.40. The van der Waals surface area contributed by atoms with Crippen LogP contribution in [0.4, 0.5) is 18.9 Å². The summed E-state index contributed by atoms with van der Waals surface area (Å²) in [4.78, 5) is 15.5. The van der Waals surface area contributed by atoms with Crippen LogP contribution in [0.25, 0.3) is 0 Å². The lowest BCUT2D eigenvalue weighted by Crippen LogP contribution is -2.55. The minimum Gasteiger partial charge on any atom is -0.472 e. The SMILES string of the molecule is CC(C)(Oc1c(F)cc(F)cc1F)C(=O)NC1C[C@H]2CC[C@@H](C1)N2c1ccc(S(C)(=O)=O)cc1. The summed E-state index contributed by atoms with van der Waals surface area (Å²) in [5, 5.41) is 2.94. The summed E-state index contributed by atoms with van der Waals surface area (Å²) < 4.78 is 70.0. The molecule has 1 N–H and O–H groups in total. The first-order valence-electron chi connectivity index (χ1n) is 11.1. The first-order valence-corrected chi connectivity index (χ1v) is 13.0. The average Bonchev–Trinajstić information content (AvgIpc) is 3.00. The Labute approximate surface area is 197 Å². The standard InChI is InChI=1S/C24H27F3N2O4S/c1-24(2,33-22-20(26)10-14(25)11-21(22)27)23(30)28-15-12-17-4-5-18(13-15)29(17)16-6-8-19(9-7-16)34(3,31)32/h6-11,15,17-18H,4-5,12-13H2,1-3H3,(H,28,30)/t15?,17-,18+. The number of fused-ring (bicyclic) bond motifs is 2. The number of sulfone groups is 1. The maximum atomic E-state index is 14.0. The summed E-state index contributed by atoms with van der Waals surface area (Å²) in [6.45, 7) is 2.80. The van der Waals surface area contributed by atoms with Gasteiger partial charge in [0, 0.05) is 42.2 Å². The lowest BCUT2D eigenvalue weighted by Gasteiger charge is -2.41. The molecule has 2 aliphatic heterocycles. The molecule has 10 heteroatoms. The van der Waals surface area contributed by atoms with Crippen LogP contribution in [0.3, 0.4) is 0 Å². The number of anilines is 1. The smallest absolute Gasteiger partial charge is 0.263 e. The van der Waals surface area contributed by atoms with E-state index in [-0.39, 0.29) is 23.0 Å². The van der Waals surface area contributed by atoms with Crippen molar-refractivity contribution in [3.05, 3.63) is 53.8 Å². The summed E-state index contributed by atoms with van der Waals surface area (Å²) >= 11 is 0. The molecule has 184 valence electrons. The third-order valence-electron chi connectivity index (χ3n) is 6.50. The molecule has 3 atom stereocenters. The second kappa shape index (κ2) is 8.79. The van der Waals surface area contributed by atoms with E-state index in [1.54, 1.807) is 12.1 Å². The number of hydrogen-bond acceptors (Lipinski definition) is 5. The van der Waals surface area contributed by atoms with Gasteiger partial charge in [-0.25, -0.2) is 21.6 Å². The van der Waals surface area contributed by atoms with Crippen LogP contribution in [0.1, 0.15) is 39.5 Å². The van der Waals surface area contributed by atoms with Crippen LogP contribution < -0.4 is 15.0 Å². The molecule has 0 spiro atoms. The molecule has 4 rings (SSSR count). The molecule has 34 heavy (non-hydrogen) atoms. The zero-order valence-electron chi connectivity index (χ0n) is 19.1. The molecule has 2 saturated heterocycles. The highest BCUT2D eigenvalue weighted by Gasteiger charge is 2.43. The lowest BCUT2D eigenvalue weighted by molar-refractivity contribution is -0.135. The fraction of sp³-hybridized carbons (Fsp3) is 0.458. The van der Waals surface area contributed by atoms with E-state index in [0.717, 1.165) is 18.5 Å². The van der Waals surface area contributed by atoms with Crippen molar-refractivity contribution in [2.24, 2.45) is 0 Å². The van der Waals surface area contributed by atoms with Gasteiger partial charge in [0.2, 0.25) is 0 Å². The number of ether oxygens (including phenoxy) is 1. The molecular formula is C24H27F3N2O4S. The zero-order chi connectivity index (χ0) is 24.8. The molecule has 2 aromatic rings. The van der Waals surface area contributed by atoms with Gasteiger partial charge in [0.1, 0.15) is 5.82 Å². The van der Waals surface area contributed by atoms with Crippen LogP contribution in [0.15, 0.2) is 41.3 Å². The van der Waals surface area contributed by atoms with Gasteiger partial charge in [0.05, 0.1) is 4.90 Å². The molecule has 2 aliphatic rings. The molecule has 2 fully saturated rings. The van der Waals surface area contributed by atoms with E-state index in [0.29, 0.717) is 25.0 Å². The van der Waals surface area contributed by atoms with Crippen LogP contribution in [0.5, 0.6) is 5.75 Å². The fourth-order valence-electron chi connectivity index (χ4n) is 4.87. The van der Waals surface area contributed by atoms with Crippen molar-refractivity contribution in [1.29, 1.82) is 0 Å². The summed E-state index contributed by atoms with van der Waals surface area (Å²) in [6, 6.07) is 8.02. The van der Waals surface area contributed by atoms with Gasteiger partial charge >= 0.3 is 0 Å². The van der Waals surface area contributed by atoms with Crippen molar-refractivity contribution < 1.29 is 31.1 Å². The van der Waals surface area contributed by atoms with Gasteiger partial charge in [-0.1, -0.05) is 0 Å². The number of benzene rings is 2. The van der Waals surface area contributed by atoms with Crippen molar-refractivity contribution in [3.63, 3.8) is 0 Å².